The van der Waals surface area contributed by atoms with E-state index in [4.69, 9.17) is 16.5 Å². The van der Waals surface area contributed by atoms with Crippen LogP contribution in [0.25, 0.3) is 82.1 Å². The highest BCUT2D eigenvalue weighted by atomic mass is 14.8. The van der Waals surface area contributed by atoms with E-state index in [1.54, 1.807) is 30.7 Å². The quantitative estimate of drug-likeness (QED) is 0.151. The molecule has 0 saturated carbocycles. The maximum Gasteiger partial charge on any atom is 0.190 e. The summed E-state index contributed by atoms with van der Waals surface area (Å²) in [5.41, 5.74) is 9.40. The summed E-state index contributed by atoms with van der Waals surface area (Å²) in [6, 6.07) is 36.8. The fourth-order valence-electron chi connectivity index (χ4n) is 6.33. The standard InChI is InChI=1S/C40H22N6/c1-42-28-16-18-44-37(20-28)36-15-12-26(24-46-36)38-30-7-2-4-9-32(30)39(33-10-5-3-8-31(33)38)35-14-13-29(34-11-6-17-45-40(34)35)27-19-25(21-41)22-43-23-27/h2-20,22-24H. The smallest absolute Gasteiger partial charge is 0.190 e. The SMILES string of the molecule is [C-]#[N+]c1ccnc(-c2ccc(-c3c4ccccc4c(-c4ccc(-c5cncc(C#N)c5)c5cccnc45)c4ccccc34)cn2)c1. The molecule has 0 atom stereocenters. The lowest BCUT2D eigenvalue weighted by atomic mass is 9.85. The molecule has 0 aliphatic carbocycles. The molecule has 8 aromatic rings. The lowest BCUT2D eigenvalue weighted by molar-refractivity contribution is 1.25. The Balaban J connectivity index is 1.37. The van der Waals surface area contributed by atoms with E-state index in [1.807, 2.05) is 30.6 Å². The summed E-state index contributed by atoms with van der Waals surface area (Å²) >= 11 is 0. The van der Waals surface area contributed by atoms with Crippen molar-refractivity contribution in [3.63, 3.8) is 0 Å². The number of rotatable bonds is 4. The molecule has 0 radical (unpaired) electrons. The van der Waals surface area contributed by atoms with Gasteiger partial charge in [0.2, 0.25) is 0 Å². The van der Waals surface area contributed by atoms with Crippen molar-refractivity contribution >= 4 is 38.1 Å². The van der Waals surface area contributed by atoms with Crippen LogP contribution in [0.4, 0.5) is 5.69 Å². The Kier molecular flexibility index (Phi) is 6.45. The zero-order chi connectivity index (χ0) is 31.0. The van der Waals surface area contributed by atoms with Crippen LogP contribution in [-0.4, -0.2) is 19.9 Å². The van der Waals surface area contributed by atoms with Crippen LogP contribution >= 0.6 is 0 Å². The molecule has 8 rings (SSSR count). The molecule has 6 nitrogen and oxygen atoms in total. The van der Waals surface area contributed by atoms with Crippen LogP contribution in [0.1, 0.15) is 5.56 Å². The third-order valence-electron chi connectivity index (χ3n) is 8.34. The Morgan fingerprint density at radius 3 is 1.98 bits per heavy atom. The molecular formula is C40H22N6. The van der Waals surface area contributed by atoms with Gasteiger partial charge in [-0.25, -0.2) is 4.85 Å². The molecular weight excluding hydrogens is 564 g/mol. The molecule has 0 aliphatic rings. The maximum absolute atomic E-state index is 9.49. The first-order chi connectivity index (χ1) is 22.7. The normalized spacial score (nSPS) is 11.0. The summed E-state index contributed by atoms with van der Waals surface area (Å²) in [6.45, 7) is 7.35. The van der Waals surface area contributed by atoms with E-state index in [9.17, 15) is 5.26 Å². The second-order valence-corrected chi connectivity index (χ2v) is 10.9. The van der Waals surface area contributed by atoms with Crippen LogP contribution in [0.3, 0.4) is 0 Å². The van der Waals surface area contributed by atoms with E-state index in [0.717, 1.165) is 65.8 Å². The number of hydrogen-bond acceptors (Lipinski definition) is 5. The third-order valence-corrected chi connectivity index (χ3v) is 8.34. The van der Waals surface area contributed by atoms with Gasteiger partial charge >= 0.3 is 0 Å². The number of pyridine rings is 4. The highest BCUT2D eigenvalue weighted by Gasteiger charge is 2.20. The van der Waals surface area contributed by atoms with Gasteiger partial charge in [-0.3, -0.25) is 19.9 Å². The molecule has 4 heterocycles. The van der Waals surface area contributed by atoms with Crippen LogP contribution in [0.15, 0.2) is 134 Å². The van der Waals surface area contributed by atoms with Crippen molar-refractivity contribution in [1.82, 2.24) is 19.9 Å². The van der Waals surface area contributed by atoms with Crippen LogP contribution in [0, 0.1) is 17.9 Å². The summed E-state index contributed by atoms with van der Waals surface area (Å²) in [6.07, 6.45) is 8.73. The fraction of sp³-hybridized carbons (Fsp3) is 0. The number of aromatic nitrogens is 4. The molecule has 212 valence electrons. The zero-order valence-corrected chi connectivity index (χ0v) is 24.4. The molecule has 0 N–H and O–H groups in total. The first kappa shape index (κ1) is 26.8. The minimum atomic E-state index is 0.516. The van der Waals surface area contributed by atoms with E-state index in [0.29, 0.717) is 22.6 Å². The highest BCUT2D eigenvalue weighted by molar-refractivity contribution is 6.23. The van der Waals surface area contributed by atoms with Gasteiger partial charge in [-0.1, -0.05) is 72.8 Å². The Morgan fingerprint density at radius 1 is 0.565 bits per heavy atom. The molecule has 4 aromatic heterocycles. The van der Waals surface area contributed by atoms with Crippen molar-refractivity contribution in [2.24, 2.45) is 0 Å². The average molecular weight is 587 g/mol. The Hall–Kier alpha value is -6.76. The van der Waals surface area contributed by atoms with Gasteiger partial charge in [0.15, 0.2) is 5.69 Å². The Morgan fingerprint density at radius 2 is 1.28 bits per heavy atom. The summed E-state index contributed by atoms with van der Waals surface area (Å²) in [7, 11) is 0. The highest BCUT2D eigenvalue weighted by Crippen LogP contribution is 2.46. The molecule has 4 aromatic carbocycles. The molecule has 0 fully saturated rings. The van der Waals surface area contributed by atoms with E-state index in [-0.39, 0.29) is 0 Å². The second kappa shape index (κ2) is 11.1. The average Bonchev–Trinajstić information content (AvgIpc) is 3.13. The van der Waals surface area contributed by atoms with E-state index < -0.39 is 0 Å². The number of fused-ring (bicyclic) bond motifs is 3. The first-order valence-corrected chi connectivity index (χ1v) is 14.7. The van der Waals surface area contributed by atoms with Gasteiger partial charge < -0.3 is 0 Å². The minimum Gasteiger partial charge on any atom is -0.263 e. The Labute approximate surface area is 264 Å². The second-order valence-electron chi connectivity index (χ2n) is 10.9. The molecule has 0 bridgehead atoms. The summed E-state index contributed by atoms with van der Waals surface area (Å²) in [5, 5.41) is 14.9. The van der Waals surface area contributed by atoms with Gasteiger partial charge in [0.1, 0.15) is 6.07 Å². The minimum absolute atomic E-state index is 0.516. The molecule has 0 spiro atoms. The van der Waals surface area contributed by atoms with Crippen molar-refractivity contribution in [1.29, 1.82) is 5.26 Å². The molecule has 0 aliphatic heterocycles. The molecule has 0 amide bonds. The Bertz CT molecular complexity index is 2500. The lowest BCUT2D eigenvalue weighted by Gasteiger charge is -2.19. The van der Waals surface area contributed by atoms with Gasteiger partial charge in [0.25, 0.3) is 0 Å². The van der Waals surface area contributed by atoms with Gasteiger partial charge in [0.05, 0.1) is 29.0 Å². The van der Waals surface area contributed by atoms with Crippen molar-refractivity contribution < 1.29 is 0 Å². The lowest BCUT2D eigenvalue weighted by Crippen LogP contribution is -1.94. The molecule has 0 unspecified atom stereocenters. The van der Waals surface area contributed by atoms with E-state index >= 15 is 0 Å². The van der Waals surface area contributed by atoms with Gasteiger partial charge in [-0.15, -0.1) is 0 Å². The summed E-state index contributed by atoms with van der Waals surface area (Å²) in [4.78, 5) is 22.0. The number of hydrogen-bond donors (Lipinski definition) is 0. The van der Waals surface area contributed by atoms with Crippen molar-refractivity contribution in [3.8, 4) is 50.8 Å². The van der Waals surface area contributed by atoms with Crippen LogP contribution < -0.4 is 0 Å². The third kappa shape index (κ3) is 4.42. The van der Waals surface area contributed by atoms with Gasteiger partial charge in [0, 0.05) is 53.1 Å². The predicted octanol–water partition coefficient (Wildman–Crippen LogP) is 9.82. The molecule has 6 heteroatoms. The topological polar surface area (TPSA) is 79.7 Å². The van der Waals surface area contributed by atoms with Crippen LogP contribution in [-0.2, 0) is 0 Å². The number of nitriles is 1. The maximum atomic E-state index is 9.49. The zero-order valence-electron chi connectivity index (χ0n) is 24.4. The van der Waals surface area contributed by atoms with Gasteiger partial charge in [-0.05, 0) is 68.6 Å². The van der Waals surface area contributed by atoms with Crippen molar-refractivity contribution in [2.45, 2.75) is 0 Å². The van der Waals surface area contributed by atoms with Crippen LogP contribution in [0.2, 0.25) is 0 Å². The molecule has 0 saturated heterocycles. The van der Waals surface area contributed by atoms with Crippen molar-refractivity contribution in [3.05, 3.63) is 151 Å². The summed E-state index contributed by atoms with van der Waals surface area (Å²) < 4.78 is 0. The predicted molar refractivity (Wildman–Crippen MR) is 183 cm³/mol. The first-order valence-electron chi connectivity index (χ1n) is 14.7. The monoisotopic (exact) mass is 586 g/mol. The largest absolute Gasteiger partial charge is 0.263 e. The van der Waals surface area contributed by atoms with Crippen molar-refractivity contribution in [2.75, 3.05) is 0 Å². The summed E-state index contributed by atoms with van der Waals surface area (Å²) in [5.74, 6) is 0. The van der Waals surface area contributed by atoms with Crippen LogP contribution in [0.5, 0.6) is 0 Å². The van der Waals surface area contributed by atoms with E-state index in [2.05, 4.69) is 93.7 Å². The van der Waals surface area contributed by atoms with E-state index in [1.165, 1.54) is 0 Å². The number of benzene rings is 4. The fourth-order valence-corrected chi connectivity index (χ4v) is 6.33. The van der Waals surface area contributed by atoms with Gasteiger partial charge in [-0.2, -0.15) is 5.26 Å². The number of nitrogens with zero attached hydrogens (tertiary/aromatic N) is 6. The molecule has 46 heavy (non-hydrogen) atoms.